The molecule has 0 aliphatic carbocycles. The van der Waals surface area contributed by atoms with E-state index in [1.165, 1.54) is 0 Å². The Morgan fingerprint density at radius 3 is 2.50 bits per heavy atom. The third-order valence-corrected chi connectivity index (χ3v) is 3.58. The number of hydrogen-bond acceptors (Lipinski definition) is 4. The molecular weight excluding hydrogens is 304 g/mol. The predicted octanol–water partition coefficient (Wildman–Crippen LogP) is 3.32. The number of pyridine rings is 1. The second kappa shape index (κ2) is 8.82. The molecule has 0 radical (unpaired) electrons. The molecule has 5 heteroatoms. The molecule has 24 heavy (non-hydrogen) atoms. The van der Waals surface area contributed by atoms with Crippen molar-refractivity contribution in [2.75, 3.05) is 6.61 Å². The van der Waals surface area contributed by atoms with E-state index in [0.29, 0.717) is 12.2 Å². The van der Waals surface area contributed by atoms with E-state index in [1.54, 1.807) is 30.5 Å². The predicted molar refractivity (Wildman–Crippen MR) is 92.0 cm³/mol. The SMILES string of the molecule is CCOc1ccc(C(=O)CCC(=O)N[C@@H](C)c2ccccn2)cc1. The summed E-state index contributed by atoms with van der Waals surface area (Å²) in [6, 6.07) is 12.4. The van der Waals surface area contributed by atoms with Crippen LogP contribution in [0.2, 0.25) is 0 Å². The van der Waals surface area contributed by atoms with Crippen molar-refractivity contribution in [1.29, 1.82) is 0 Å². The highest BCUT2D eigenvalue weighted by atomic mass is 16.5. The Kier molecular flexibility index (Phi) is 6.49. The van der Waals surface area contributed by atoms with Gasteiger partial charge in [0.15, 0.2) is 5.78 Å². The number of amides is 1. The maximum Gasteiger partial charge on any atom is 0.220 e. The molecule has 0 aliphatic heterocycles. The van der Waals surface area contributed by atoms with Crippen LogP contribution in [0.3, 0.4) is 0 Å². The van der Waals surface area contributed by atoms with Crippen molar-refractivity contribution in [3.8, 4) is 5.75 Å². The number of ketones is 1. The first-order valence-corrected chi connectivity index (χ1v) is 8.06. The summed E-state index contributed by atoms with van der Waals surface area (Å²) in [6.07, 6.45) is 2.02. The number of carbonyl (C=O) groups excluding carboxylic acids is 2. The summed E-state index contributed by atoms with van der Waals surface area (Å²) in [6.45, 7) is 4.36. The molecule has 2 rings (SSSR count). The van der Waals surface area contributed by atoms with Crippen LogP contribution in [0.15, 0.2) is 48.7 Å². The Labute approximate surface area is 142 Å². The third kappa shape index (κ3) is 5.19. The molecule has 0 saturated carbocycles. The van der Waals surface area contributed by atoms with Crippen molar-refractivity contribution in [1.82, 2.24) is 10.3 Å². The Morgan fingerprint density at radius 2 is 1.88 bits per heavy atom. The molecule has 0 unspecified atom stereocenters. The van der Waals surface area contributed by atoms with Gasteiger partial charge < -0.3 is 10.1 Å². The van der Waals surface area contributed by atoms with Crippen LogP contribution in [0.1, 0.15) is 48.8 Å². The van der Waals surface area contributed by atoms with Crippen molar-refractivity contribution < 1.29 is 14.3 Å². The van der Waals surface area contributed by atoms with E-state index in [4.69, 9.17) is 4.74 Å². The van der Waals surface area contributed by atoms with Crippen LogP contribution in [-0.2, 0) is 4.79 Å². The first-order valence-electron chi connectivity index (χ1n) is 8.06. The molecule has 5 nitrogen and oxygen atoms in total. The molecule has 126 valence electrons. The Bertz CT molecular complexity index is 669. The Hall–Kier alpha value is -2.69. The van der Waals surface area contributed by atoms with Crippen LogP contribution < -0.4 is 10.1 Å². The van der Waals surface area contributed by atoms with Crippen LogP contribution in [0.5, 0.6) is 5.75 Å². The molecule has 1 aromatic carbocycles. The van der Waals surface area contributed by atoms with E-state index in [1.807, 2.05) is 32.0 Å². The molecule has 1 amide bonds. The zero-order valence-electron chi connectivity index (χ0n) is 14.0. The van der Waals surface area contributed by atoms with Crippen LogP contribution in [-0.4, -0.2) is 23.3 Å². The van der Waals surface area contributed by atoms with Crippen LogP contribution >= 0.6 is 0 Å². The first kappa shape index (κ1) is 17.7. The second-order valence-corrected chi connectivity index (χ2v) is 5.42. The number of ether oxygens (including phenoxy) is 1. The molecule has 0 aliphatic rings. The zero-order valence-corrected chi connectivity index (χ0v) is 14.0. The monoisotopic (exact) mass is 326 g/mol. The lowest BCUT2D eigenvalue weighted by Crippen LogP contribution is -2.27. The topological polar surface area (TPSA) is 68.3 Å². The van der Waals surface area contributed by atoms with Crippen molar-refractivity contribution in [2.24, 2.45) is 0 Å². The number of Topliss-reactive ketones (excluding diaryl/α,β-unsaturated/α-hetero) is 1. The van der Waals surface area contributed by atoms with Crippen LogP contribution in [0.4, 0.5) is 0 Å². The number of nitrogens with one attached hydrogen (secondary N) is 1. The van der Waals surface area contributed by atoms with Gasteiger partial charge in [-0.2, -0.15) is 0 Å². The standard InChI is InChI=1S/C19H22N2O3/c1-3-24-16-9-7-15(8-10-16)18(22)11-12-19(23)21-14(2)17-6-4-5-13-20-17/h4-10,13-14H,3,11-12H2,1-2H3,(H,21,23)/t14-/m0/s1. The van der Waals surface area contributed by atoms with E-state index in [-0.39, 0.29) is 30.6 Å². The second-order valence-electron chi connectivity index (χ2n) is 5.42. The Balaban J connectivity index is 1.81. The number of nitrogens with zero attached hydrogens (tertiary/aromatic N) is 1. The number of aromatic nitrogens is 1. The lowest BCUT2D eigenvalue weighted by molar-refractivity contribution is -0.121. The Morgan fingerprint density at radius 1 is 1.12 bits per heavy atom. The van der Waals surface area contributed by atoms with Gasteiger partial charge in [-0.1, -0.05) is 6.07 Å². The van der Waals surface area contributed by atoms with Gasteiger partial charge >= 0.3 is 0 Å². The van der Waals surface area contributed by atoms with E-state index in [2.05, 4.69) is 10.3 Å². The largest absolute Gasteiger partial charge is 0.494 e. The number of hydrogen-bond donors (Lipinski definition) is 1. The third-order valence-electron chi connectivity index (χ3n) is 3.58. The minimum atomic E-state index is -0.181. The summed E-state index contributed by atoms with van der Waals surface area (Å²) in [5, 5.41) is 2.86. The molecular formula is C19H22N2O3. The number of carbonyl (C=O) groups is 2. The smallest absolute Gasteiger partial charge is 0.220 e. The highest BCUT2D eigenvalue weighted by molar-refractivity contribution is 5.98. The highest BCUT2D eigenvalue weighted by Gasteiger charge is 2.13. The number of rotatable bonds is 8. The minimum absolute atomic E-state index is 0.0568. The van der Waals surface area contributed by atoms with Crippen molar-refractivity contribution in [3.63, 3.8) is 0 Å². The summed E-state index contributed by atoms with van der Waals surface area (Å²) in [5.41, 5.74) is 1.38. The average Bonchev–Trinajstić information content (AvgIpc) is 2.61. The summed E-state index contributed by atoms with van der Waals surface area (Å²) >= 11 is 0. The zero-order chi connectivity index (χ0) is 17.4. The van der Waals surface area contributed by atoms with Crippen LogP contribution in [0, 0.1) is 0 Å². The van der Waals surface area contributed by atoms with Crippen molar-refractivity contribution >= 4 is 11.7 Å². The summed E-state index contributed by atoms with van der Waals surface area (Å²) < 4.78 is 5.34. The molecule has 0 bridgehead atoms. The minimum Gasteiger partial charge on any atom is -0.494 e. The fourth-order valence-electron chi connectivity index (χ4n) is 2.29. The quantitative estimate of drug-likeness (QED) is 0.756. The van der Waals surface area contributed by atoms with Gasteiger partial charge in [0.05, 0.1) is 18.3 Å². The normalized spacial score (nSPS) is 11.6. The lowest BCUT2D eigenvalue weighted by Gasteiger charge is -2.13. The van der Waals surface area contributed by atoms with E-state index in [0.717, 1.165) is 11.4 Å². The van der Waals surface area contributed by atoms with Gasteiger partial charge in [-0.3, -0.25) is 14.6 Å². The molecule has 0 spiro atoms. The molecule has 1 N–H and O–H groups in total. The van der Waals surface area contributed by atoms with E-state index < -0.39 is 0 Å². The van der Waals surface area contributed by atoms with Gasteiger partial charge in [-0.05, 0) is 50.2 Å². The van der Waals surface area contributed by atoms with E-state index in [9.17, 15) is 9.59 Å². The molecule has 1 aromatic heterocycles. The first-order chi connectivity index (χ1) is 11.6. The maximum atomic E-state index is 12.1. The molecule has 1 heterocycles. The van der Waals surface area contributed by atoms with Gasteiger partial charge in [-0.15, -0.1) is 0 Å². The fourth-order valence-corrected chi connectivity index (χ4v) is 2.29. The number of benzene rings is 1. The van der Waals surface area contributed by atoms with Gasteiger partial charge in [0.25, 0.3) is 0 Å². The van der Waals surface area contributed by atoms with Crippen LogP contribution in [0.25, 0.3) is 0 Å². The maximum absolute atomic E-state index is 12.1. The molecule has 0 fully saturated rings. The van der Waals surface area contributed by atoms with Crippen molar-refractivity contribution in [3.05, 3.63) is 59.9 Å². The average molecular weight is 326 g/mol. The fraction of sp³-hybridized carbons (Fsp3) is 0.316. The van der Waals surface area contributed by atoms with Gasteiger partial charge in [0.2, 0.25) is 5.91 Å². The summed E-state index contributed by atoms with van der Waals surface area (Å²) in [7, 11) is 0. The highest BCUT2D eigenvalue weighted by Crippen LogP contribution is 2.14. The molecule has 0 saturated heterocycles. The molecule has 1 atom stereocenters. The molecule has 2 aromatic rings. The summed E-state index contributed by atoms with van der Waals surface area (Å²) in [5.74, 6) is 0.516. The lowest BCUT2D eigenvalue weighted by atomic mass is 10.1. The van der Waals surface area contributed by atoms with Crippen molar-refractivity contribution in [2.45, 2.75) is 32.7 Å². The van der Waals surface area contributed by atoms with Gasteiger partial charge in [-0.25, -0.2) is 0 Å². The summed E-state index contributed by atoms with van der Waals surface area (Å²) in [4.78, 5) is 28.3. The van der Waals surface area contributed by atoms with Gasteiger partial charge in [0, 0.05) is 24.6 Å². The van der Waals surface area contributed by atoms with Gasteiger partial charge in [0.1, 0.15) is 5.75 Å². The van der Waals surface area contributed by atoms with E-state index >= 15 is 0 Å².